The molecule has 3 unspecified atom stereocenters. The molecule has 162 valence electrons. The molecule has 0 spiro atoms. The third-order valence-electron chi connectivity index (χ3n) is 6.13. The maximum atomic E-state index is 10.7. The molecule has 3 atom stereocenters. The fourth-order valence-electron chi connectivity index (χ4n) is 4.52. The van der Waals surface area contributed by atoms with Gasteiger partial charge in [0.25, 0.3) is 0 Å². The molecule has 3 nitrogen and oxygen atoms in total. The number of benzene rings is 2. The van der Waals surface area contributed by atoms with Gasteiger partial charge in [0.1, 0.15) is 5.75 Å². The van der Waals surface area contributed by atoms with E-state index in [0.717, 1.165) is 19.3 Å². The van der Waals surface area contributed by atoms with Crippen LogP contribution in [0, 0.1) is 0 Å². The number of unbranched alkanes of at least 4 members (excludes halogenated alkanes) is 3. The van der Waals surface area contributed by atoms with E-state index in [9.17, 15) is 4.79 Å². The normalized spacial score (nSPS) is 20.9. The molecule has 0 heterocycles. The molecule has 1 fully saturated rings. The van der Waals surface area contributed by atoms with Crippen molar-refractivity contribution in [1.29, 1.82) is 0 Å². The van der Waals surface area contributed by atoms with Crippen LogP contribution in [0.25, 0.3) is 0 Å². The highest BCUT2D eigenvalue weighted by atomic mass is 35.5. The number of aryl methyl sites for hydroxylation is 1. The zero-order valence-electron chi connectivity index (χ0n) is 17.9. The number of carboxylic acid groups (broad SMARTS) is 1. The number of carbonyl (C=O) groups is 1. The molecule has 1 aliphatic rings. The summed E-state index contributed by atoms with van der Waals surface area (Å²) >= 11 is 6.77. The molecule has 30 heavy (non-hydrogen) atoms. The van der Waals surface area contributed by atoms with Gasteiger partial charge in [-0.3, -0.25) is 4.79 Å². The molecule has 1 aliphatic carbocycles. The average Bonchev–Trinajstić information content (AvgIpc) is 3.13. The van der Waals surface area contributed by atoms with Gasteiger partial charge >= 0.3 is 5.97 Å². The zero-order chi connectivity index (χ0) is 21.3. The molecule has 1 N–H and O–H groups in total. The van der Waals surface area contributed by atoms with E-state index in [2.05, 4.69) is 37.3 Å². The molecular weight excluding hydrogens is 396 g/mol. The van der Waals surface area contributed by atoms with Crippen molar-refractivity contribution in [2.75, 3.05) is 6.61 Å². The van der Waals surface area contributed by atoms with Crippen LogP contribution in [-0.2, 0) is 11.2 Å². The number of alkyl halides is 1. The Morgan fingerprint density at radius 3 is 2.60 bits per heavy atom. The monoisotopic (exact) mass is 428 g/mol. The predicted octanol–water partition coefficient (Wildman–Crippen LogP) is 6.93. The van der Waals surface area contributed by atoms with Gasteiger partial charge in [-0.05, 0) is 60.4 Å². The van der Waals surface area contributed by atoms with Crippen molar-refractivity contribution in [2.45, 2.75) is 75.5 Å². The number of hydrogen-bond donors (Lipinski definition) is 1. The van der Waals surface area contributed by atoms with Gasteiger partial charge in [-0.25, -0.2) is 0 Å². The van der Waals surface area contributed by atoms with Gasteiger partial charge in [0.05, 0.1) is 13.0 Å². The van der Waals surface area contributed by atoms with E-state index in [4.69, 9.17) is 21.4 Å². The van der Waals surface area contributed by atoms with E-state index in [0.29, 0.717) is 11.7 Å². The van der Waals surface area contributed by atoms with E-state index < -0.39 is 5.97 Å². The number of hydrogen-bond acceptors (Lipinski definition) is 2. The number of aliphatic carboxylic acids is 1. The second kappa shape index (κ2) is 11.4. The average molecular weight is 429 g/mol. The molecule has 0 radical (unpaired) electrons. The lowest BCUT2D eigenvalue weighted by molar-refractivity contribution is -0.137. The van der Waals surface area contributed by atoms with Crippen molar-refractivity contribution in [1.82, 2.24) is 0 Å². The number of carboxylic acids is 1. The molecule has 3 rings (SSSR count). The van der Waals surface area contributed by atoms with Crippen LogP contribution in [-0.4, -0.2) is 23.1 Å². The number of halogens is 1. The van der Waals surface area contributed by atoms with Crippen molar-refractivity contribution in [2.24, 2.45) is 0 Å². The van der Waals surface area contributed by atoms with Gasteiger partial charge in [-0.1, -0.05) is 62.6 Å². The first-order valence-electron chi connectivity index (χ1n) is 11.3. The van der Waals surface area contributed by atoms with Crippen molar-refractivity contribution in [3.05, 3.63) is 65.2 Å². The van der Waals surface area contributed by atoms with Gasteiger partial charge < -0.3 is 9.84 Å². The van der Waals surface area contributed by atoms with Crippen molar-refractivity contribution in [3.63, 3.8) is 0 Å². The van der Waals surface area contributed by atoms with Crippen LogP contribution in [0.2, 0.25) is 0 Å². The zero-order valence-corrected chi connectivity index (χ0v) is 18.6. The first-order valence-corrected chi connectivity index (χ1v) is 11.7. The summed E-state index contributed by atoms with van der Waals surface area (Å²) in [5.41, 5.74) is 3.95. The molecule has 1 saturated carbocycles. The standard InChI is InChI=1S/C26H33ClO3/c1-2-3-4-5-7-19-10-12-20(13-11-19)23-14-15-24(27)26(23)21-8-6-9-22(18-21)30-17-16-25(28)29/h6,8-13,18,23-24,26H,2-5,7,14-17H2,1H3,(H,28,29). The Labute approximate surface area is 185 Å². The maximum Gasteiger partial charge on any atom is 0.306 e. The number of ether oxygens (including phenoxy) is 1. The van der Waals surface area contributed by atoms with Crippen molar-refractivity contribution in [3.8, 4) is 5.75 Å². The lowest BCUT2D eigenvalue weighted by atomic mass is 9.83. The Balaban J connectivity index is 1.68. The summed E-state index contributed by atoms with van der Waals surface area (Å²) in [6, 6.07) is 17.1. The van der Waals surface area contributed by atoms with Crippen LogP contribution < -0.4 is 4.74 Å². The minimum atomic E-state index is -0.850. The summed E-state index contributed by atoms with van der Waals surface area (Å²) in [5.74, 6) is 0.503. The summed E-state index contributed by atoms with van der Waals surface area (Å²) in [4.78, 5) is 10.7. The van der Waals surface area contributed by atoms with Gasteiger partial charge in [0, 0.05) is 11.3 Å². The highest BCUT2D eigenvalue weighted by Crippen LogP contribution is 2.48. The van der Waals surface area contributed by atoms with E-state index in [1.165, 1.54) is 42.4 Å². The second-order valence-corrected chi connectivity index (χ2v) is 8.90. The summed E-state index contributed by atoms with van der Waals surface area (Å²) in [5, 5.41) is 8.90. The Bertz CT molecular complexity index is 802. The third-order valence-corrected chi connectivity index (χ3v) is 6.62. The first-order chi connectivity index (χ1) is 14.6. The summed E-state index contributed by atoms with van der Waals surface area (Å²) in [7, 11) is 0. The van der Waals surface area contributed by atoms with Crippen LogP contribution in [0.1, 0.15) is 80.4 Å². The number of rotatable bonds is 11. The minimum absolute atomic E-state index is 0.000788. The highest BCUT2D eigenvalue weighted by Gasteiger charge is 2.37. The molecule has 0 aromatic heterocycles. The molecule has 0 saturated heterocycles. The van der Waals surface area contributed by atoms with Crippen LogP contribution in [0.15, 0.2) is 48.5 Å². The molecule has 0 aliphatic heterocycles. The van der Waals surface area contributed by atoms with Gasteiger partial charge in [-0.15, -0.1) is 11.6 Å². The topological polar surface area (TPSA) is 46.5 Å². The Kier molecular flexibility index (Phi) is 8.62. The lowest BCUT2D eigenvalue weighted by Crippen LogP contribution is -2.12. The van der Waals surface area contributed by atoms with Crippen LogP contribution in [0.5, 0.6) is 5.75 Å². The molecule has 2 aromatic carbocycles. The molecule has 4 heteroatoms. The molecule has 0 bridgehead atoms. The first kappa shape index (κ1) is 22.7. The van der Waals surface area contributed by atoms with E-state index >= 15 is 0 Å². The SMILES string of the molecule is CCCCCCc1ccc(C2CCC(Cl)C2c2cccc(OCCC(=O)O)c2)cc1. The molecule has 2 aromatic rings. The fourth-order valence-corrected chi connectivity index (χ4v) is 4.97. The van der Waals surface area contributed by atoms with Crippen molar-refractivity contribution < 1.29 is 14.6 Å². The Morgan fingerprint density at radius 2 is 1.87 bits per heavy atom. The lowest BCUT2D eigenvalue weighted by Gasteiger charge is -2.23. The van der Waals surface area contributed by atoms with Gasteiger partial charge in [0.2, 0.25) is 0 Å². The quantitative estimate of drug-likeness (QED) is 0.311. The third kappa shape index (κ3) is 6.25. The largest absolute Gasteiger partial charge is 0.493 e. The maximum absolute atomic E-state index is 10.7. The second-order valence-electron chi connectivity index (χ2n) is 8.34. The van der Waals surface area contributed by atoms with E-state index in [1.807, 2.05) is 18.2 Å². The Hall–Kier alpha value is -2.00. The molecule has 0 amide bonds. The summed E-state index contributed by atoms with van der Waals surface area (Å²) < 4.78 is 5.64. The highest BCUT2D eigenvalue weighted by molar-refractivity contribution is 6.21. The van der Waals surface area contributed by atoms with Crippen LogP contribution >= 0.6 is 11.6 Å². The van der Waals surface area contributed by atoms with Gasteiger partial charge in [-0.2, -0.15) is 0 Å². The van der Waals surface area contributed by atoms with Crippen molar-refractivity contribution >= 4 is 17.6 Å². The smallest absolute Gasteiger partial charge is 0.306 e. The summed E-state index contributed by atoms with van der Waals surface area (Å²) in [6.07, 6.45) is 8.39. The minimum Gasteiger partial charge on any atom is -0.493 e. The summed E-state index contributed by atoms with van der Waals surface area (Å²) in [6.45, 7) is 2.42. The van der Waals surface area contributed by atoms with E-state index in [-0.39, 0.29) is 24.3 Å². The van der Waals surface area contributed by atoms with E-state index in [1.54, 1.807) is 0 Å². The molecular formula is C26H33ClO3. The van der Waals surface area contributed by atoms with Gasteiger partial charge in [0.15, 0.2) is 0 Å². The van der Waals surface area contributed by atoms with Crippen LogP contribution in [0.4, 0.5) is 0 Å². The van der Waals surface area contributed by atoms with Crippen LogP contribution in [0.3, 0.4) is 0 Å². The Morgan fingerprint density at radius 1 is 1.07 bits per heavy atom. The fraction of sp³-hybridized carbons (Fsp3) is 0.500. The predicted molar refractivity (Wildman–Crippen MR) is 123 cm³/mol.